The monoisotopic (exact) mass is 375 g/mol. The smallest absolute Gasteiger partial charge is 0.336 e. The fourth-order valence-electron chi connectivity index (χ4n) is 1.49. The first-order valence-electron chi connectivity index (χ1n) is 5.00. The molecular formula is C10H3ClF9NS. The molecule has 0 radical (unpaired) electrons. The quantitative estimate of drug-likeness (QED) is 0.293. The molecule has 0 bridgehead atoms. The Morgan fingerprint density at radius 2 is 1.18 bits per heavy atom. The zero-order valence-electron chi connectivity index (χ0n) is 9.84. The van der Waals surface area contributed by atoms with Crippen molar-refractivity contribution in [3.63, 3.8) is 0 Å². The maximum absolute atomic E-state index is 12.8. The van der Waals surface area contributed by atoms with Gasteiger partial charge in [0.1, 0.15) is 0 Å². The predicted molar refractivity (Wildman–Crippen MR) is 63.5 cm³/mol. The van der Waals surface area contributed by atoms with Crippen LogP contribution < -0.4 is 5.32 Å². The van der Waals surface area contributed by atoms with Crippen LogP contribution in [0, 0.1) is 0 Å². The molecule has 0 aliphatic rings. The standard InChI is InChI=1S/C10H3ClF9NS/c11-7(22)21-6-4(9(15,16)17)1-3(8(12,13)14)2-5(6)10(18,19)20/h1-2H,(H,21,22). The van der Waals surface area contributed by atoms with Crippen LogP contribution in [0.15, 0.2) is 12.1 Å². The molecule has 0 spiro atoms. The average molecular weight is 376 g/mol. The number of rotatable bonds is 1. The van der Waals surface area contributed by atoms with Crippen LogP contribution in [0.3, 0.4) is 0 Å². The minimum absolute atomic E-state index is 0.452. The van der Waals surface area contributed by atoms with E-state index in [0.29, 0.717) is 0 Å². The summed E-state index contributed by atoms with van der Waals surface area (Å²) in [6.45, 7) is 0. The second-order valence-electron chi connectivity index (χ2n) is 3.84. The highest BCUT2D eigenvalue weighted by Gasteiger charge is 2.45. The Balaban J connectivity index is 3.81. The van der Waals surface area contributed by atoms with Crippen molar-refractivity contribution in [2.75, 3.05) is 5.32 Å². The molecule has 22 heavy (non-hydrogen) atoms. The van der Waals surface area contributed by atoms with Crippen LogP contribution >= 0.6 is 23.8 Å². The molecule has 0 saturated carbocycles. The highest BCUT2D eigenvalue weighted by molar-refractivity contribution is 7.83. The second-order valence-corrected chi connectivity index (χ2v) is 4.85. The Hall–Kier alpha value is -1.23. The van der Waals surface area contributed by atoms with Gasteiger partial charge in [-0.15, -0.1) is 0 Å². The summed E-state index contributed by atoms with van der Waals surface area (Å²) in [6.07, 6.45) is -16.4. The van der Waals surface area contributed by atoms with Gasteiger partial charge < -0.3 is 5.32 Å². The molecule has 0 amide bonds. The molecule has 0 aliphatic carbocycles. The molecule has 124 valence electrons. The first kappa shape index (κ1) is 18.8. The molecule has 1 nitrogen and oxygen atoms in total. The lowest BCUT2D eigenvalue weighted by Gasteiger charge is -2.21. The topological polar surface area (TPSA) is 12.0 Å². The Morgan fingerprint density at radius 1 is 0.818 bits per heavy atom. The van der Waals surface area contributed by atoms with Crippen molar-refractivity contribution in [1.29, 1.82) is 0 Å². The van der Waals surface area contributed by atoms with Gasteiger partial charge in [-0.3, -0.25) is 0 Å². The van der Waals surface area contributed by atoms with Crippen molar-refractivity contribution in [3.05, 3.63) is 28.8 Å². The lowest BCUT2D eigenvalue weighted by Crippen LogP contribution is -2.20. The highest BCUT2D eigenvalue weighted by Crippen LogP contribution is 2.46. The van der Waals surface area contributed by atoms with E-state index in [1.165, 1.54) is 5.32 Å². The highest BCUT2D eigenvalue weighted by atomic mass is 35.5. The number of hydrogen-bond acceptors (Lipinski definition) is 1. The summed E-state index contributed by atoms with van der Waals surface area (Å²) in [5.74, 6) is 0. The van der Waals surface area contributed by atoms with E-state index in [2.05, 4.69) is 12.2 Å². The molecule has 0 aromatic heterocycles. The van der Waals surface area contributed by atoms with Crippen molar-refractivity contribution < 1.29 is 39.5 Å². The molecule has 1 aromatic carbocycles. The van der Waals surface area contributed by atoms with Crippen LogP contribution in [0.2, 0.25) is 0 Å². The molecule has 1 aromatic rings. The lowest BCUT2D eigenvalue weighted by molar-refractivity contribution is -0.147. The third kappa shape index (κ3) is 4.38. The summed E-state index contributed by atoms with van der Waals surface area (Å²) in [6, 6.07) is -0.903. The number of benzene rings is 1. The molecular weight excluding hydrogens is 373 g/mol. The summed E-state index contributed by atoms with van der Waals surface area (Å²) in [4.78, 5) is 0. The molecule has 0 saturated heterocycles. The van der Waals surface area contributed by atoms with Crippen LogP contribution in [-0.4, -0.2) is 4.45 Å². The lowest BCUT2D eigenvalue weighted by atomic mass is 10.0. The van der Waals surface area contributed by atoms with E-state index in [1.807, 2.05) is 0 Å². The van der Waals surface area contributed by atoms with Crippen LogP contribution in [0.1, 0.15) is 16.7 Å². The van der Waals surface area contributed by atoms with E-state index in [1.54, 1.807) is 0 Å². The maximum Gasteiger partial charge on any atom is 0.418 e. The van der Waals surface area contributed by atoms with Crippen molar-refractivity contribution >= 4 is 34.0 Å². The van der Waals surface area contributed by atoms with Crippen LogP contribution in [-0.2, 0) is 18.5 Å². The second kappa shape index (κ2) is 5.76. The molecule has 12 heteroatoms. The minimum atomic E-state index is -5.49. The molecule has 0 heterocycles. The third-order valence-corrected chi connectivity index (χ3v) is 2.50. The number of thiocarbonyl (C=S) groups is 1. The molecule has 0 unspecified atom stereocenters. The van der Waals surface area contributed by atoms with Gasteiger partial charge in [0, 0.05) is 0 Å². The fraction of sp³-hybridized carbons (Fsp3) is 0.300. The van der Waals surface area contributed by atoms with Gasteiger partial charge in [0.25, 0.3) is 0 Å². The molecule has 0 aliphatic heterocycles. The van der Waals surface area contributed by atoms with E-state index < -0.39 is 57.5 Å². The minimum Gasteiger partial charge on any atom is -0.336 e. The summed E-state index contributed by atoms with van der Waals surface area (Å²) in [7, 11) is 0. The SMILES string of the molecule is FC(F)(F)c1cc(C(F)(F)F)c(NC(=S)Cl)c(C(F)(F)F)c1. The van der Waals surface area contributed by atoms with Gasteiger partial charge in [0.15, 0.2) is 4.45 Å². The molecule has 0 atom stereocenters. The van der Waals surface area contributed by atoms with Gasteiger partial charge in [0.05, 0.1) is 22.4 Å². The third-order valence-electron chi connectivity index (χ3n) is 2.30. The Kier molecular flexibility index (Phi) is 4.93. The van der Waals surface area contributed by atoms with E-state index in [9.17, 15) is 39.5 Å². The number of nitrogens with one attached hydrogen (secondary N) is 1. The average Bonchev–Trinajstić information content (AvgIpc) is 2.23. The van der Waals surface area contributed by atoms with E-state index >= 15 is 0 Å². The Labute approximate surface area is 127 Å². The largest absolute Gasteiger partial charge is 0.418 e. The number of alkyl halides is 9. The van der Waals surface area contributed by atoms with Gasteiger partial charge in [-0.05, 0) is 24.4 Å². The Bertz CT molecular complexity index is 553. The fourth-order valence-corrected chi connectivity index (χ4v) is 1.68. The number of anilines is 1. The first-order chi connectivity index (χ1) is 9.64. The van der Waals surface area contributed by atoms with Gasteiger partial charge in [-0.2, -0.15) is 39.5 Å². The van der Waals surface area contributed by atoms with Gasteiger partial charge in [0.2, 0.25) is 0 Å². The zero-order chi connectivity index (χ0) is 17.5. The summed E-state index contributed by atoms with van der Waals surface area (Å²) in [5, 5.41) is 1.42. The first-order valence-corrected chi connectivity index (χ1v) is 5.78. The van der Waals surface area contributed by atoms with Crippen molar-refractivity contribution in [2.24, 2.45) is 0 Å². The molecule has 1 N–H and O–H groups in total. The molecule has 1 rings (SSSR count). The number of hydrogen-bond donors (Lipinski definition) is 1. The zero-order valence-corrected chi connectivity index (χ0v) is 11.4. The summed E-state index contributed by atoms with van der Waals surface area (Å²) < 4.78 is 113. The van der Waals surface area contributed by atoms with Crippen LogP contribution in [0.25, 0.3) is 0 Å². The van der Waals surface area contributed by atoms with Crippen molar-refractivity contribution in [2.45, 2.75) is 18.5 Å². The van der Waals surface area contributed by atoms with Crippen molar-refractivity contribution in [3.8, 4) is 0 Å². The van der Waals surface area contributed by atoms with Gasteiger partial charge in [-0.1, -0.05) is 11.6 Å². The van der Waals surface area contributed by atoms with Crippen LogP contribution in [0.5, 0.6) is 0 Å². The normalized spacial score (nSPS) is 13.2. The summed E-state index contributed by atoms with van der Waals surface area (Å²) >= 11 is 9.20. The van der Waals surface area contributed by atoms with E-state index in [4.69, 9.17) is 11.6 Å². The predicted octanol–water partition coefficient (Wildman–Crippen LogP) is 5.68. The molecule has 0 fully saturated rings. The van der Waals surface area contributed by atoms with Crippen LogP contribution in [0.4, 0.5) is 45.2 Å². The van der Waals surface area contributed by atoms with Gasteiger partial charge in [-0.25, -0.2) is 0 Å². The van der Waals surface area contributed by atoms with E-state index in [0.717, 1.165) is 0 Å². The van der Waals surface area contributed by atoms with E-state index in [-0.39, 0.29) is 0 Å². The summed E-state index contributed by atoms with van der Waals surface area (Å²) in [5.41, 5.74) is -8.15. The van der Waals surface area contributed by atoms with Gasteiger partial charge >= 0.3 is 18.5 Å². The maximum atomic E-state index is 12.8. The number of halogens is 10. The van der Waals surface area contributed by atoms with Crippen molar-refractivity contribution in [1.82, 2.24) is 0 Å². The Morgan fingerprint density at radius 3 is 1.41 bits per heavy atom.